The third-order valence-corrected chi connectivity index (χ3v) is 2.88. The number of benzene rings is 1. The second-order valence-corrected chi connectivity index (χ2v) is 4.30. The summed E-state index contributed by atoms with van der Waals surface area (Å²) in [5.74, 6) is 1.09. The van der Waals surface area contributed by atoms with Gasteiger partial charge in [0.1, 0.15) is 5.76 Å². The number of nitrogens with zero attached hydrogens (tertiary/aromatic N) is 1. The first-order valence-corrected chi connectivity index (χ1v) is 6.18. The molecule has 0 spiro atoms. The molecule has 0 unspecified atom stereocenters. The van der Waals surface area contributed by atoms with Crippen LogP contribution in [0.1, 0.15) is 34.5 Å². The molecule has 1 aromatic carbocycles. The van der Waals surface area contributed by atoms with E-state index in [1.54, 1.807) is 12.3 Å². The Morgan fingerprint density at radius 2 is 2.26 bits per heavy atom. The Bertz CT molecular complexity index is 570. The Morgan fingerprint density at radius 3 is 2.89 bits per heavy atom. The zero-order valence-corrected chi connectivity index (χ0v) is 11.1. The van der Waals surface area contributed by atoms with Crippen molar-refractivity contribution in [3.63, 3.8) is 0 Å². The van der Waals surface area contributed by atoms with E-state index in [2.05, 4.69) is 10.3 Å². The summed E-state index contributed by atoms with van der Waals surface area (Å²) in [6.45, 7) is 4.09. The summed E-state index contributed by atoms with van der Waals surface area (Å²) >= 11 is 0. The molecule has 1 heterocycles. The van der Waals surface area contributed by atoms with Crippen molar-refractivity contribution >= 4 is 11.6 Å². The van der Waals surface area contributed by atoms with E-state index in [4.69, 9.17) is 10.2 Å². The Balaban J connectivity index is 2.05. The second kappa shape index (κ2) is 5.56. The number of nitrogens with two attached hydrogens (primary N) is 1. The summed E-state index contributed by atoms with van der Waals surface area (Å²) in [6, 6.07) is 5.39. The lowest BCUT2D eigenvalue weighted by atomic mass is 10.1. The number of nitrogen functional groups attached to an aromatic ring is 1. The molecule has 100 valence electrons. The van der Waals surface area contributed by atoms with Crippen molar-refractivity contribution in [1.82, 2.24) is 10.3 Å². The van der Waals surface area contributed by atoms with Crippen LogP contribution in [0.5, 0.6) is 0 Å². The first-order valence-electron chi connectivity index (χ1n) is 6.18. The van der Waals surface area contributed by atoms with Gasteiger partial charge in [-0.3, -0.25) is 4.79 Å². The molecule has 5 nitrogen and oxygen atoms in total. The highest BCUT2D eigenvalue weighted by atomic mass is 16.4. The Labute approximate surface area is 111 Å². The number of oxazole rings is 1. The number of carbonyl (C=O) groups excluding carboxylic acids is 1. The maximum absolute atomic E-state index is 12.1. The molecule has 0 aliphatic rings. The van der Waals surface area contributed by atoms with E-state index >= 15 is 0 Å². The van der Waals surface area contributed by atoms with Crippen LogP contribution in [0.15, 0.2) is 28.8 Å². The van der Waals surface area contributed by atoms with Gasteiger partial charge in [0.05, 0.1) is 18.3 Å². The Kier molecular flexibility index (Phi) is 3.85. The molecule has 3 N–H and O–H groups in total. The Hall–Kier alpha value is -2.30. The summed E-state index contributed by atoms with van der Waals surface area (Å²) in [5, 5.41) is 2.76. The fraction of sp³-hybridized carbons (Fsp3) is 0.286. The molecule has 2 aromatic rings. The predicted molar refractivity (Wildman–Crippen MR) is 72.6 cm³/mol. The maximum Gasteiger partial charge on any atom is 0.254 e. The SMILES string of the molecule is CCc1cnc(CNC(=O)c2c(C)cccc2N)o1. The highest BCUT2D eigenvalue weighted by Crippen LogP contribution is 2.16. The van der Waals surface area contributed by atoms with Gasteiger partial charge in [-0.2, -0.15) is 0 Å². The molecule has 0 bridgehead atoms. The van der Waals surface area contributed by atoms with Crippen LogP contribution < -0.4 is 11.1 Å². The van der Waals surface area contributed by atoms with E-state index in [-0.39, 0.29) is 12.5 Å². The van der Waals surface area contributed by atoms with E-state index in [1.807, 2.05) is 26.0 Å². The summed E-state index contributed by atoms with van der Waals surface area (Å²) in [7, 11) is 0. The highest BCUT2D eigenvalue weighted by molar-refractivity contribution is 6.00. The average Bonchev–Trinajstić information content (AvgIpc) is 2.84. The lowest BCUT2D eigenvalue weighted by Crippen LogP contribution is -2.24. The monoisotopic (exact) mass is 259 g/mol. The van der Waals surface area contributed by atoms with Gasteiger partial charge < -0.3 is 15.5 Å². The molecule has 0 saturated heterocycles. The van der Waals surface area contributed by atoms with Gasteiger partial charge in [-0.15, -0.1) is 0 Å². The van der Waals surface area contributed by atoms with Crippen LogP contribution >= 0.6 is 0 Å². The normalized spacial score (nSPS) is 10.4. The molecule has 5 heteroatoms. The van der Waals surface area contributed by atoms with Gasteiger partial charge in [0.25, 0.3) is 5.91 Å². The van der Waals surface area contributed by atoms with Crippen LogP contribution in [-0.2, 0) is 13.0 Å². The van der Waals surface area contributed by atoms with Gasteiger partial charge in [-0.25, -0.2) is 4.98 Å². The minimum absolute atomic E-state index is 0.216. The van der Waals surface area contributed by atoms with Crippen molar-refractivity contribution in [2.75, 3.05) is 5.73 Å². The molecule has 19 heavy (non-hydrogen) atoms. The first kappa shape index (κ1) is 13.1. The standard InChI is InChI=1S/C14H17N3O2/c1-3-10-7-16-12(19-10)8-17-14(18)13-9(2)5-4-6-11(13)15/h4-7H,3,8,15H2,1-2H3,(H,17,18). The zero-order valence-electron chi connectivity index (χ0n) is 11.1. The van der Waals surface area contributed by atoms with Crippen LogP contribution in [-0.4, -0.2) is 10.9 Å². The molecule has 0 saturated carbocycles. The summed E-state index contributed by atoms with van der Waals surface area (Å²) in [5.41, 5.74) is 7.64. The van der Waals surface area contributed by atoms with Crippen LogP contribution in [0.2, 0.25) is 0 Å². The van der Waals surface area contributed by atoms with Crippen LogP contribution in [0.3, 0.4) is 0 Å². The van der Waals surface area contributed by atoms with E-state index in [1.165, 1.54) is 0 Å². The van der Waals surface area contributed by atoms with Crippen molar-refractivity contribution in [3.05, 3.63) is 47.2 Å². The largest absolute Gasteiger partial charge is 0.444 e. The molecular formula is C14H17N3O2. The molecular weight excluding hydrogens is 242 g/mol. The van der Waals surface area contributed by atoms with Gasteiger partial charge in [-0.1, -0.05) is 19.1 Å². The number of aryl methyl sites for hydroxylation is 2. The van der Waals surface area contributed by atoms with Crippen molar-refractivity contribution in [2.45, 2.75) is 26.8 Å². The number of anilines is 1. The summed E-state index contributed by atoms with van der Waals surface area (Å²) in [4.78, 5) is 16.2. The van der Waals surface area contributed by atoms with Crippen LogP contribution in [0.25, 0.3) is 0 Å². The lowest BCUT2D eigenvalue weighted by molar-refractivity contribution is 0.0947. The molecule has 0 aliphatic heterocycles. The van der Waals surface area contributed by atoms with Crippen molar-refractivity contribution in [2.24, 2.45) is 0 Å². The predicted octanol–water partition coefficient (Wildman–Crippen LogP) is 2.06. The number of rotatable bonds is 4. The third-order valence-electron chi connectivity index (χ3n) is 2.88. The minimum atomic E-state index is -0.216. The van der Waals surface area contributed by atoms with Crippen molar-refractivity contribution in [1.29, 1.82) is 0 Å². The first-order chi connectivity index (χ1) is 9.11. The Morgan fingerprint density at radius 1 is 1.47 bits per heavy atom. The number of hydrogen-bond donors (Lipinski definition) is 2. The molecule has 0 radical (unpaired) electrons. The maximum atomic E-state index is 12.1. The molecule has 1 amide bonds. The smallest absolute Gasteiger partial charge is 0.254 e. The second-order valence-electron chi connectivity index (χ2n) is 4.30. The molecule has 2 rings (SSSR count). The summed E-state index contributed by atoms with van der Waals surface area (Å²) < 4.78 is 5.42. The van der Waals surface area contributed by atoms with Crippen molar-refractivity contribution < 1.29 is 9.21 Å². The fourth-order valence-electron chi connectivity index (χ4n) is 1.84. The van der Waals surface area contributed by atoms with E-state index < -0.39 is 0 Å². The van der Waals surface area contributed by atoms with Gasteiger partial charge >= 0.3 is 0 Å². The quantitative estimate of drug-likeness (QED) is 0.823. The number of amides is 1. The number of nitrogens with one attached hydrogen (secondary N) is 1. The summed E-state index contributed by atoms with van der Waals surface area (Å²) in [6.07, 6.45) is 2.45. The molecule has 1 aromatic heterocycles. The molecule has 0 atom stereocenters. The van der Waals surface area contributed by atoms with Crippen LogP contribution in [0, 0.1) is 6.92 Å². The van der Waals surface area contributed by atoms with Gasteiger partial charge in [0.15, 0.2) is 0 Å². The highest BCUT2D eigenvalue weighted by Gasteiger charge is 2.13. The molecule has 0 fully saturated rings. The van der Waals surface area contributed by atoms with E-state index in [9.17, 15) is 4.79 Å². The zero-order chi connectivity index (χ0) is 13.8. The third kappa shape index (κ3) is 2.93. The van der Waals surface area contributed by atoms with Gasteiger partial charge in [0, 0.05) is 12.1 Å². The van der Waals surface area contributed by atoms with Gasteiger partial charge in [0.2, 0.25) is 5.89 Å². The van der Waals surface area contributed by atoms with Gasteiger partial charge in [-0.05, 0) is 18.6 Å². The van der Waals surface area contributed by atoms with Crippen LogP contribution in [0.4, 0.5) is 5.69 Å². The van der Waals surface area contributed by atoms with E-state index in [0.717, 1.165) is 17.7 Å². The topological polar surface area (TPSA) is 81.2 Å². The molecule has 0 aliphatic carbocycles. The average molecular weight is 259 g/mol. The number of carbonyl (C=O) groups is 1. The van der Waals surface area contributed by atoms with E-state index in [0.29, 0.717) is 17.1 Å². The number of aromatic nitrogens is 1. The minimum Gasteiger partial charge on any atom is -0.444 e. The van der Waals surface area contributed by atoms with Crippen molar-refractivity contribution in [3.8, 4) is 0 Å². The fourth-order valence-corrected chi connectivity index (χ4v) is 1.84. The number of hydrogen-bond acceptors (Lipinski definition) is 4. The lowest BCUT2D eigenvalue weighted by Gasteiger charge is -2.08.